The molecule has 0 aromatic heterocycles. The fraction of sp³-hybridized carbons (Fsp3) is 0.818. The van der Waals surface area contributed by atoms with E-state index in [2.05, 4.69) is 0 Å². The van der Waals surface area contributed by atoms with Gasteiger partial charge in [0.2, 0.25) is 0 Å². The van der Waals surface area contributed by atoms with Gasteiger partial charge in [0, 0.05) is 0 Å². The Bertz CT molecular complexity index is 268. The lowest BCUT2D eigenvalue weighted by atomic mass is 9.98. The molecule has 4 heteroatoms. The normalized spacial score (nSPS) is 30.9. The second-order valence-electron chi connectivity index (χ2n) is 4.48. The van der Waals surface area contributed by atoms with Gasteiger partial charge in [0.05, 0.1) is 11.8 Å². The van der Waals surface area contributed by atoms with Crippen molar-refractivity contribution in [3.05, 3.63) is 0 Å². The van der Waals surface area contributed by atoms with Gasteiger partial charge in [0.25, 0.3) is 0 Å². The van der Waals surface area contributed by atoms with Gasteiger partial charge < -0.3 is 9.84 Å². The quantitative estimate of drug-likeness (QED) is 0.721. The first-order valence-electron chi connectivity index (χ1n) is 5.62. The molecule has 0 aromatic carbocycles. The van der Waals surface area contributed by atoms with Crippen LogP contribution < -0.4 is 0 Å². The zero-order valence-electron chi connectivity index (χ0n) is 8.65. The van der Waals surface area contributed by atoms with E-state index in [9.17, 15) is 9.59 Å². The third-order valence-electron chi connectivity index (χ3n) is 3.25. The van der Waals surface area contributed by atoms with Crippen LogP contribution in [0, 0.1) is 11.8 Å². The highest BCUT2D eigenvalue weighted by Crippen LogP contribution is 2.40. The van der Waals surface area contributed by atoms with Gasteiger partial charge in [-0.25, -0.2) is 0 Å². The lowest BCUT2D eigenvalue weighted by Crippen LogP contribution is -2.22. The highest BCUT2D eigenvalue weighted by Gasteiger charge is 2.49. The molecular formula is C11H16O4. The van der Waals surface area contributed by atoms with Crippen LogP contribution in [-0.4, -0.2) is 23.1 Å². The van der Waals surface area contributed by atoms with E-state index in [0.29, 0.717) is 6.42 Å². The van der Waals surface area contributed by atoms with Crippen molar-refractivity contribution in [1.82, 2.24) is 0 Å². The van der Waals surface area contributed by atoms with E-state index in [-0.39, 0.29) is 18.0 Å². The molecular weight excluding hydrogens is 196 g/mol. The number of ether oxygens (including phenoxy) is 1. The van der Waals surface area contributed by atoms with Crippen molar-refractivity contribution in [2.24, 2.45) is 11.8 Å². The predicted octanol–water partition coefficient (Wildman–Crippen LogP) is 1.58. The van der Waals surface area contributed by atoms with Gasteiger partial charge in [-0.2, -0.15) is 0 Å². The molecule has 0 heterocycles. The number of carboxylic acid groups (broad SMARTS) is 1. The molecule has 0 spiro atoms. The second-order valence-corrected chi connectivity index (χ2v) is 4.48. The lowest BCUT2D eigenvalue weighted by Gasteiger charge is -2.21. The van der Waals surface area contributed by atoms with E-state index in [1.165, 1.54) is 6.42 Å². The van der Waals surface area contributed by atoms with Crippen molar-refractivity contribution in [3.8, 4) is 0 Å². The number of carbonyl (C=O) groups excluding carboxylic acids is 1. The second kappa shape index (κ2) is 4.21. The summed E-state index contributed by atoms with van der Waals surface area (Å²) >= 11 is 0. The number of hydrogen-bond donors (Lipinski definition) is 1. The fourth-order valence-electron chi connectivity index (χ4n) is 2.16. The van der Waals surface area contributed by atoms with Crippen LogP contribution >= 0.6 is 0 Å². The van der Waals surface area contributed by atoms with Crippen LogP contribution in [0.15, 0.2) is 0 Å². The summed E-state index contributed by atoms with van der Waals surface area (Å²) in [6, 6.07) is 0. The molecule has 2 rings (SSSR count). The van der Waals surface area contributed by atoms with Crippen molar-refractivity contribution in [2.45, 2.75) is 44.6 Å². The zero-order valence-corrected chi connectivity index (χ0v) is 8.65. The largest absolute Gasteiger partial charge is 0.481 e. The van der Waals surface area contributed by atoms with Gasteiger partial charge in [-0.3, -0.25) is 9.59 Å². The lowest BCUT2D eigenvalue weighted by molar-refractivity contribution is -0.154. The number of esters is 1. The molecule has 2 aliphatic carbocycles. The van der Waals surface area contributed by atoms with E-state index in [0.717, 1.165) is 25.7 Å². The first-order chi connectivity index (χ1) is 7.18. The Hall–Kier alpha value is -1.06. The summed E-state index contributed by atoms with van der Waals surface area (Å²) in [4.78, 5) is 22.1. The standard InChI is InChI=1S/C11H16O4/c12-10(13)8-6-9(8)11(14)15-7-4-2-1-3-5-7/h7-9H,1-6H2,(H,12,13)/t8-,9-/m1/s1. The molecule has 0 amide bonds. The summed E-state index contributed by atoms with van der Waals surface area (Å²) in [5, 5.41) is 8.67. The van der Waals surface area contributed by atoms with Gasteiger partial charge in [0.15, 0.2) is 0 Å². The third kappa shape index (κ3) is 2.49. The highest BCUT2D eigenvalue weighted by molar-refractivity contribution is 5.86. The first kappa shape index (κ1) is 10.5. The maximum Gasteiger partial charge on any atom is 0.310 e. The van der Waals surface area contributed by atoms with Crippen molar-refractivity contribution in [2.75, 3.05) is 0 Å². The van der Waals surface area contributed by atoms with Crippen LogP contribution in [0.25, 0.3) is 0 Å². The minimum absolute atomic E-state index is 0.0429. The summed E-state index contributed by atoms with van der Waals surface area (Å²) in [6.07, 6.45) is 5.83. The van der Waals surface area contributed by atoms with E-state index < -0.39 is 11.9 Å². The Labute approximate surface area is 88.6 Å². The molecule has 0 bridgehead atoms. The molecule has 2 fully saturated rings. The van der Waals surface area contributed by atoms with Crippen LogP contribution in [0.1, 0.15) is 38.5 Å². The molecule has 2 aliphatic rings. The summed E-state index contributed by atoms with van der Waals surface area (Å²) in [6.45, 7) is 0. The molecule has 15 heavy (non-hydrogen) atoms. The predicted molar refractivity (Wildman–Crippen MR) is 52.2 cm³/mol. The van der Waals surface area contributed by atoms with Gasteiger partial charge in [0.1, 0.15) is 6.10 Å². The molecule has 1 N–H and O–H groups in total. The third-order valence-corrected chi connectivity index (χ3v) is 3.25. The topological polar surface area (TPSA) is 63.6 Å². The number of aliphatic carboxylic acids is 1. The van der Waals surface area contributed by atoms with Crippen LogP contribution in [-0.2, 0) is 14.3 Å². The van der Waals surface area contributed by atoms with E-state index in [1.807, 2.05) is 0 Å². The Balaban J connectivity index is 1.75. The molecule has 2 atom stereocenters. The van der Waals surface area contributed by atoms with Crippen LogP contribution in [0.2, 0.25) is 0 Å². The van der Waals surface area contributed by atoms with E-state index >= 15 is 0 Å². The van der Waals surface area contributed by atoms with Gasteiger partial charge in [-0.15, -0.1) is 0 Å². The molecule has 0 aliphatic heterocycles. The average Bonchev–Trinajstić information content (AvgIpc) is 2.98. The molecule has 0 radical (unpaired) electrons. The molecule has 4 nitrogen and oxygen atoms in total. The van der Waals surface area contributed by atoms with Gasteiger partial charge >= 0.3 is 11.9 Å². The van der Waals surface area contributed by atoms with E-state index in [1.54, 1.807) is 0 Å². The maximum atomic E-state index is 11.5. The Morgan fingerprint density at radius 1 is 1.07 bits per heavy atom. The van der Waals surface area contributed by atoms with Gasteiger partial charge in [-0.05, 0) is 32.1 Å². The Morgan fingerprint density at radius 2 is 1.73 bits per heavy atom. The van der Waals surface area contributed by atoms with Crippen molar-refractivity contribution >= 4 is 11.9 Å². The number of carbonyl (C=O) groups is 2. The minimum atomic E-state index is -0.874. The molecule has 0 aromatic rings. The van der Waals surface area contributed by atoms with Crippen LogP contribution in [0.3, 0.4) is 0 Å². The Morgan fingerprint density at radius 3 is 2.27 bits per heavy atom. The van der Waals surface area contributed by atoms with E-state index in [4.69, 9.17) is 9.84 Å². The summed E-state index contributed by atoms with van der Waals surface area (Å²) in [5.41, 5.74) is 0. The first-order valence-corrected chi connectivity index (χ1v) is 5.62. The molecule has 0 saturated heterocycles. The van der Waals surface area contributed by atoms with Crippen LogP contribution in [0.4, 0.5) is 0 Å². The van der Waals surface area contributed by atoms with Crippen molar-refractivity contribution in [1.29, 1.82) is 0 Å². The average molecular weight is 212 g/mol. The molecule has 2 saturated carbocycles. The summed E-state index contributed by atoms with van der Waals surface area (Å²) in [5.74, 6) is -2.03. The smallest absolute Gasteiger partial charge is 0.310 e. The SMILES string of the molecule is O=C(O)[C@@H]1C[C@H]1C(=O)OC1CCCCC1. The number of hydrogen-bond acceptors (Lipinski definition) is 3. The summed E-state index contributed by atoms with van der Waals surface area (Å²) < 4.78 is 5.29. The number of carboxylic acids is 1. The zero-order chi connectivity index (χ0) is 10.8. The Kier molecular flexibility index (Phi) is 2.93. The number of rotatable bonds is 3. The van der Waals surface area contributed by atoms with Crippen LogP contribution in [0.5, 0.6) is 0 Å². The molecule has 0 unspecified atom stereocenters. The fourth-order valence-corrected chi connectivity index (χ4v) is 2.16. The highest BCUT2D eigenvalue weighted by atomic mass is 16.5. The van der Waals surface area contributed by atoms with Gasteiger partial charge in [-0.1, -0.05) is 6.42 Å². The minimum Gasteiger partial charge on any atom is -0.481 e. The maximum absolute atomic E-state index is 11.5. The van der Waals surface area contributed by atoms with Crippen molar-refractivity contribution < 1.29 is 19.4 Å². The monoisotopic (exact) mass is 212 g/mol. The summed E-state index contributed by atoms with van der Waals surface area (Å²) in [7, 11) is 0. The van der Waals surface area contributed by atoms with Crippen molar-refractivity contribution in [3.63, 3.8) is 0 Å². The molecule has 84 valence electrons.